The van der Waals surface area contributed by atoms with Crippen molar-refractivity contribution < 1.29 is 5.32 Å². The molecule has 0 atom stereocenters. The van der Waals surface area contributed by atoms with Gasteiger partial charge in [-0.05, 0) is 24.6 Å². The van der Waals surface area contributed by atoms with Crippen molar-refractivity contribution in [1.29, 1.82) is 5.41 Å². The van der Waals surface area contributed by atoms with E-state index in [0.29, 0.717) is 0 Å². The molecule has 1 rings (SSSR count). The molecule has 0 saturated carbocycles. The van der Waals surface area contributed by atoms with Crippen LogP contribution in [0.5, 0.6) is 0 Å². The molecule has 0 fully saturated rings. The summed E-state index contributed by atoms with van der Waals surface area (Å²) in [6.07, 6.45) is 9.88. The Morgan fingerprint density at radius 2 is 1.88 bits per heavy atom. The highest BCUT2D eigenvalue weighted by molar-refractivity contribution is 5.67. The predicted octanol–water partition coefficient (Wildman–Crippen LogP) is 1.82. The van der Waals surface area contributed by atoms with Gasteiger partial charge < -0.3 is 10.7 Å². The predicted molar refractivity (Wildman–Crippen MR) is 68.7 cm³/mol. The van der Waals surface area contributed by atoms with E-state index in [1.54, 1.807) is 6.08 Å². The van der Waals surface area contributed by atoms with Gasteiger partial charge >= 0.3 is 0 Å². The summed E-state index contributed by atoms with van der Waals surface area (Å²) < 4.78 is 0. The van der Waals surface area contributed by atoms with Gasteiger partial charge in [0.25, 0.3) is 0 Å². The molecule has 0 saturated heterocycles. The van der Waals surface area contributed by atoms with Crippen LogP contribution in [0, 0.1) is 12.3 Å². The maximum absolute atomic E-state index is 6.79. The third kappa shape index (κ3) is 5.27. The second-order valence-corrected chi connectivity index (χ2v) is 3.70. The molecule has 2 heteroatoms. The number of nitrogens with two attached hydrogens (primary N) is 1. The topological polar surface area (TPSA) is 40.5 Å². The van der Waals surface area contributed by atoms with Gasteiger partial charge in [0.1, 0.15) is 0 Å². The lowest BCUT2D eigenvalue weighted by Crippen LogP contribution is -2.78. The van der Waals surface area contributed by atoms with Crippen molar-refractivity contribution in [3.8, 4) is 0 Å². The van der Waals surface area contributed by atoms with Crippen molar-refractivity contribution in [2.24, 2.45) is 0 Å². The maximum atomic E-state index is 6.79. The van der Waals surface area contributed by atoms with Gasteiger partial charge in [0.2, 0.25) is 0 Å². The van der Waals surface area contributed by atoms with Crippen molar-refractivity contribution in [2.45, 2.75) is 13.3 Å². The molecule has 0 spiro atoms. The van der Waals surface area contributed by atoms with Crippen molar-refractivity contribution in [2.75, 3.05) is 6.54 Å². The molecule has 0 bridgehead atoms. The first-order chi connectivity index (χ1) is 7.83. The van der Waals surface area contributed by atoms with E-state index >= 15 is 0 Å². The van der Waals surface area contributed by atoms with Gasteiger partial charge in [-0.2, -0.15) is 0 Å². The third-order valence-corrected chi connectivity index (χ3v) is 2.29. The summed E-state index contributed by atoms with van der Waals surface area (Å²) in [7, 11) is 0. The van der Waals surface area contributed by atoms with Gasteiger partial charge in [-0.1, -0.05) is 35.9 Å². The van der Waals surface area contributed by atoms with E-state index < -0.39 is 0 Å². The summed E-state index contributed by atoms with van der Waals surface area (Å²) in [5, 5.41) is 8.94. The molecule has 1 aromatic carbocycles. The van der Waals surface area contributed by atoms with Crippen molar-refractivity contribution in [1.82, 2.24) is 0 Å². The van der Waals surface area contributed by atoms with Gasteiger partial charge in [-0.15, -0.1) is 0 Å². The molecule has 0 aliphatic carbocycles. The standard InChI is InChI=1S/C14H18N2/c1-13-5-7-14(8-6-13)9-12-16-11-4-2-3-10-15/h2-8,10-11,15-16H,9,12H2,1H3/p+1/b3-2-,11-4-,15-10?. The number of quaternary nitrogens is 1. The first-order valence-corrected chi connectivity index (χ1v) is 5.54. The Balaban J connectivity index is 2.20. The Morgan fingerprint density at radius 1 is 1.12 bits per heavy atom. The minimum Gasteiger partial charge on any atom is -0.320 e. The number of hydrogen-bond donors (Lipinski definition) is 2. The molecule has 0 aliphatic rings. The molecule has 3 N–H and O–H groups in total. The maximum Gasteiger partial charge on any atom is 0.0925 e. The first-order valence-electron chi connectivity index (χ1n) is 5.54. The highest BCUT2D eigenvalue weighted by Gasteiger charge is 1.92. The number of nitrogens with one attached hydrogen (secondary N) is 1. The Morgan fingerprint density at radius 3 is 2.56 bits per heavy atom. The van der Waals surface area contributed by atoms with Gasteiger partial charge in [-0.3, -0.25) is 0 Å². The van der Waals surface area contributed by atoms with E-state index in [1.165, 1.54) is 17.3 Å². The van der Waals surface area contributed by atoms with E-state index in [2.05, 4.69) is 36.5 Å². The molecule has 84 valence electrons. The molecular formula is C14H19N2+. The Labute approximate surface area is 97.2 Å². The average molecular weight is 215 g/mol. The molecular weight excluding hydrogens is 196 g/mol. The van der Waals surface area contributed by atoms with E-state index in [1.807, 2.05) is 18.4 Å². The zero-order chi connectivity index (χ0) is 11.6. The highest BCUT2D eigenvalue weighted by Crippen LogP contribution is 2.02. The molecule has 0 aliphatic heterocycles. The zero-order valence-electron chi connectivity index (χ0n) is 9.69. The summed E-state index contributed by atoms with van der Waals surface area (Å²) in [6.45, 7) is 3.16. The van der Waals surface area contributed by atoms with Crippen LogP contribution >= 0.6 is 0 Å². The molecule has 1 aromatic rings. The Bertz CT molecular complexity index is 361. The number of benzene rings is 1. The number of allylic oxidation sites excluding steroid dienone is 3. The van der Waals surface area contributed by atoms with Gasteiger partial charge in [-0.25, -0.2) is 0 Å². The third-order valence-electron chi connectivity index (χ3n) is 2.29. The van der Waals surface area contributed by atoms with Crippen molar-refractivity contribution >= 4 is 6.21 Å². The van der Waals surface area contributed by atoms with Crippen LogP contribution in [-0.4, -0.2) is 12.8 Å². The van der Waals surface area contributed by atoms with Crippen LogP contribution in [0.2, 0.25) is 0 Å². The second kappa shape index (κ2) is 7.60. The largest absolute Gasteiger partial charge is 0.320 e. The Hall–Kier alpha value is -1.67. The molecule has 0 aromatic heterocycles. The lowest BCUT2D eigenvalue weighted by atomic mass is 10.1. The summed E-state index contributed by atoms with van der Waals surface area (Å²) in [5.41, 5.74) is 2.69. The summed E-state index contributed by atoms with van der Waals surface area (Å²) >= 11 is 0. The zero-order valence-corrected chi connectivity index (χ0v) is 9.69. The minimum absolute atomic E-state index is 1.05. The SMILES string of the molecule is Cc1ccc(CC[NH2+]/C=C\C=C/C=N)cc1. The van der Waals surface area contributed by atoms with E-state index in [9.17, 15) is 0 Å². The fraction of sp³-hybridized carbons (Fsp3) is 0.214. The first kappa shape index (κ1) is 12.4. The average Bonchev–Trinajstić information content (AvgIpc) is 2.30. The smallest absolute Gasteiger partial charge is 0.0925 e. The van der Waals surface area contributed by atoms with Crippen molar-refractivity contribution in [3.05, 3.63) is 59.8 Å². The highest BCUT2D eigenvalue weighted by atomic mass is 14.8. The van der Waals surface area contributed by atoms with Gasteiger partial charge in [0, 0.05) is 12.6 Å². The minimum atomic E-state index is 1.05. The van der Waals surface area contributed by atoms with E-state index in [0.717, 1.165) is 13.0 Å². The van der Waals surface area contributed by atoms with Gasteiger partial charge in [0.05, 0.1) is 12.7 Å². The van der Waals surface area contributed by atoms with E-state index in [4.69, 9.17) is 5.41 Å². The fourth-order valence-corrected chi connectivity index (χ4v) is 1.36. The van der Waals surface area contributed by atoms with Crippen molar-refractivity contribution in [3.63, 3.8) is 0 Å². The molecule has 0 amide bonds. The van der Waals surface area contributed by atoms with Crippen LogP contribution in [0.1, 0.15) is 11.1 Å². The molecule has 0 radical (unpaired) electrons. The lowest BCUT2D eigenvalue weighted by Gasteiger charge is -1.99. The number of rotatable bonds is 6. The number of hydrogen-bond acceptors (Lipinski definition) is 1. The lowest BCUT2D eigenvalue weighted by molar-refractivity contribution is -0.587. The normalized spacial score (nSPS) is 11.3. The van der Waals surface area contributed by atoms with Crippen LogP contribution in [0.25, 0.3) is 0 Å². The quantitative estimate of drug-likeness (QED) is 0.413. The summed E-state index contributed by atoms with van der Waals surface area (Å²) in [6, 6.07) is 8.67. The number of aryl methyl sites for hydroxylation is 1. The Kier molecular flexibility index (Phi) is 5.89. The van der Waals surface area contributed by atoms with Crippen LogP contribution < -0.4 is 5.32 Å². The van der Waals surface area contributed by atoms with E-state index in [-0.39, 0.29) is 0 Å². The molecule has 2 nitrogen and oxygen atoms in total. The summed E-state index contributed by atoms with van der Waals surface area (Å²) in [5.74, 6) is 0. The monoisotopic (exact) mass is 215 g/mol. The van der Waals surface area contributed by atoms with Crippen LogP contribution in [0.3, 0.4) is 0 Å². The molecule has 0 heterocycles. The molecule has 16 heavy (non-hydrogen) atoms. The van der Waals surface area contributed by atoms with Crippen LogP contribution in [0.15, 0.2) is 48.7 Å². The van der Waals surface area contributed by atoms with Gasteiger partial charge in [0.15, 0.2) is 0 Å². The van der Waals surface area contributed by atoms with Crippen LogP contribution in [0.4, 0.5) is 0 Å². The van der Waals surface area contributed by atoms with Crippen LogP contribution in [-0.2, 0) is 6.42 Å². The summed E-state index contributed by atoms with van der Waals surface area (Å²) in [4.78, 5) is 0. The second-order valence-electron chi connectivity index (χ2n) is 3.70. The molecule has 0 unspecified atom stereocenters. The fourth-order valence-electron chi connectivity index (χ4n) is 1.36.